The third-order valence-electron chi connectivity index (χ3n) is 6.59. The van der Waals surface area contributed by atoms with Crippen molar-refractivity contribution in [2.45, 2.75) is 39.3 Å². The lowest BCUT2D eigenvalue weighted by atomic mass is 10.0. The number of nitrogens with one attached hydrogen (secondary N) is 1. The number of pyridine rings is 3. The van der Waals surface area contributed by atoms with E-state index in [1.807, 2.05) is 13.2 Å². The number of nitrogens with zero attached hydrogens (tertiary/aromatic N) is 5. The second-order valence-corrected chi connectivity index (χ2v) is 9.27. The van der Waals surface area contributed by atoms with Crippen molar-refractivity contribution in [1.29, 1.82) is 0 Å². The van der Waals surface area contributed by atoms with Gasteiger partial charge in [-0.05, 0) is 56.1 Å². The van der Waals surface area contributed by atoms with Crippen LogP contribution in [0.25, 0.3) is 11.3 Å². The number of aryl methyl sites for hydroxylation is 2. The Bertz CT molecular complexity index is 1150. The van der Waals surface area contributed by atoms with Gasteiger partial charge in [0.1, 0.15) is 11.6 Å². The Morgan fingerprint density at radius 1 is 1.03 bits per heavy atom. The molecule has 0 radical (unpaired) electrons. The molecule has 3 aromatic rings. The monoisotopic (exact) mass is 448 g/mol. The van der Waals surface area contributed by atoms with Gasteiger partial charge in [0, 0.05) is 62.3 Å². The Morgan fingerprint density at radius 3 is 2.69 bits per heavy atom. The summed E-state index contributed by atoms with van der Waals surface area (Å²) in [6.07, 6.45) is 5.71. The zero-order valence-electron chi connectivity index (χ0n) is 18.9. The van der Waals surface area contributed by atoms with Crippen molar-refractivity contribution in [3.05, 3.63) is 64.1 Å². The molecule has 0 amide bonds. The maximum Gasteiger partial charge on any atom is 0.129 e. The summed E-state index contributed by atoms with van der Waals surface area (Å²) < 4.78 is 0. The molecule has 0 spiro atoms. The van der Waals surface area contributed by atoms with Crippen LogP contribution in [-0.2, 0) is 13.0 Å². The topological polar surface area (TPSA) is 57.2 Å². The minimum atomic E-state index is 0.556. The number of likely N-dealkylation sites (N-methyl/N-ethyl adjacent to an activating group) is 1. The number of hydrogen-bond donors (Lipinski definition) is 1. The summed E-state index contributed by atoms with van der Waals surface area (Å²) in [7, 11) is 2.04. The standard InChI is InChI=1S/C25H29ClN6/c1-16-10-17(2)25(29-12-16)20-11-24(28-13-21(20)26)31-9-7-22-18(14-31)4-5-23(30-22)32-8-6-19(15-32)27-3/h4-5,10-13,19,27H,6-9,14-15H2,1-3H3. The summed E-state index contributed by atoms with van der Waals surface area (Å²) in [5.74, 6) is 2.03. The molecule has 1 unspecified atom stereocenters. The molecule has 7 heteroatoms. The third kappa shape index (κ3) is 4.05. The number of halogens is 1. The molecular weight excluding hydrogens is 420 g/mol. The first-order valence-corrected chi connectivity index (χ1v) is 11.6. The van der Waals surface area contributed by atoms with Crippen molar-refractivity contribution < 1.29 is 0 Å². The van der Waals surface area contributed by atoms with E-state index in [2.05, 4.69) is 63.2 Å². The molecule has 32 heavy (non-hydrogen) atoms. The average molecular weight is 449 g/mol. The van der Waals surface area contributed by atoms with Crippen molar-refractivity contribution in [2.75, 3.05) is 36.5 Å². The largest absolute Gasteiger partial charge is 0.355 e. The Morgan fingerprint density at radius 2 is 1.91 bits per heavy atom. The highest BCUT2D eigenvalue weighted by Crippen LogP contribution is 2.33. The van der Waals surface area contributed by atoms with Crippen LogP contribution in [0.1, 0.15) is 28.8 Å². The lowest BCUT2D eigenvalue weighted by Crippen LogP contribution is -2.33. The van der Waals surface area contributed by atoms with Crippen LogP contribution in [0.15, 0.2) is 36.7 Å². The van der Waals surface area contributed by atoms with Crippen molar-refractivity contribution >= 4 is 23.2 Å². The van der Waals surface area contributed by atoms with Crippen LogP contribution in [0.3, 0.4) is 0 Å². The molecule has 0 aliphatic carbocycles. The van der Waals surface area contributed by atoms with E-state index in [-0.39, 0.29) is 0 Å². The van der Waals surface area contributed by atoms with Crippen LogP contribution in [0.4, 0.5) is 11.6 Å². The van der Waals surface area contributed by atoms with E-state index in [1.165, 1.54) is 17.7 Å². The third-order valence-corrected chi connectivity index (χ3v) is 6.89. The fourth-order valence-electron chi connectivity index (χ4n) is 4.76. The minimum absolute atomic E-state index is 0.556. The van der Waals surface area contributed by atoms with Crippen LogP contribution < -0.4 is 15.1 Å². The lowest BCUT2D eigenvalue weighted by molar-refractivity contribution is 0.616. The van der Waals surface area contributed by atoms with E-state index in [4.69, 9.17) is 16.6 Å². The SMILES string of the molecule is CNC1CCN(c2ccc3c(n2)CCN(c2cc(-c4ncc(C)cc4C)c(Cl)cn2)C3)C1. The molecule has 1 fully saturated rings. The highest BCUT2D eigenvalue weighted by Gasteiger charge is 2.25. The van der Waals surface area contributed by atoms with Crippen LogP contribution in [0.2, 0.25) is 5.02 Å². The van der Waals surface area contributed by atoms with Crippen LogP contribution in [-0.4, -0.2) is 47.7 Å². The molecule has 0 aromatic carbocycles. The van der Waals surface area contributed by atoms with Gasteiger partial charge in [0.05, 0.1) is 10.7 Å². The lowest BCUT2D eigenvalue weighted by Gasteiger charge is -2.30. The van der Waals surface area contributed by atoms with Gasteiger partial charge in [-0.1, -0.05) is 23.7 Å². The summed E-state index contributed by atoms with van der Waals surface area (Å²) in [4.78, 5) is 19.0. The summed E-state index contributed by atoms with van der Waals surface area (Å²) >= 11 is 6.52. The molecule has 5 heterocycles. The molecule has 166 valence electrons. The van der Waals surface area contributed by atoms with E-state index in [9.17, 15) is 0 Å². The summed E-state index contributed by atoms with van der Waals surface area (Å²) in [5, 5.41) is 4.01. The van der Waals surface area contributed by atoms with Gasteiger partial charge in [-0.15, -0.1) is 0 Å². The smallest absolute Gasteiger partial charge is 0.129 e. The second kappa shape index (κ2) is 8.68. The molecule has 3 aromatic heterocycles. The van der Waals surface area contributed by atoms with Gasteiger partial charge in [0.15, 0.2) is 0 Å². The molecule has 0 bridgehead atoms. The average Bonchev–Trinajstić information content (AvgIpc) is 3.29. The van der Waals surface area contributed by atoms with Crippen molar-refractivity contribution in [3.8, 4) is 11.3 Å². The second-order valence-electron chi connectivity index (χ2n) is 8.87. The van der Waals surface area contributed by atoms with Crippen molar-refractivity contribution in [2.24, 2.45) is 0 Å². The molecule has 6 nitrogen and oxygen atoms in total. The van der Waals surface area contributed by atoms with E-state index < -0.39 is 0 Å². The van der Waals surface area contributed by atoms with E-state index in [0.29, 0.717) is 11.1 Å². The highest BCUT2D eigenvalue weighted by atomic mass is 35.5. The Hall–Kier alpha value is -2.70. The van der Waals surface area contributed by atoms with Gasteiger partial charge >= 0.3 is 0 Å². The first-order chi connectivity index (χ1) is 15.5. The molecule has 5 rings (SSSR count). The summed E-state index contributed by atoms with van der Waals surface area (Å²) in [6.45, 7) is 7.90. The summed E-state index contributed by atoms with van der Waals surface area (Å²) in [5.41, 5.74) is 6.59. The fourth-order valence-corrected chi connectivity index (χ4v) is 4.95. The Balaban J connectivity index is 1.38. The van der Waals surface area contributed by atoms with Gasteiger partial charge in [-0.2, -0.15) is 0 Å². The molecule has 2 aliphatic heterocycles. The number of fused-ring (bicyclic) bond motifs is 1. The molecular formula is C25H29ClN6. The van der Waals surface area contributed by atoms with Crippen molar-refractivity contribution in [1.82, 2.24) is 20.3 Å². The van der Waals surface area contributed by atoms with Gasteiger partial charge in [0.2, 0.25) is 0 Å². The zero-order chi connectivity index (χ0) is 22.2. The number of hydrogen-bond acceptors (Lipinski definition) is 6. The predicted molar refractivity (Wildman–Crippen MR) is 131 cm³/mol. The predicted octanol–water partition coefficient (Wildman–Crippen LogP) is 4.17. The van der Waals surface area contributed by atoms with Crippen LogP contribution in [0, 0.1) is 13.8 Å². The van der Waals surface area contributed by atoms with Gasteiger partial charge in [-0.3, -0.25) is 4.98 Å². The number of aromatic nitrogens is 3. The highest BCUT2D eigenvalue weighted by molar-refractivity contribution is 6.33. The first kappa shape index (κ1) is 21.2. The summed E-state index contributed by atoms with van der Waals surface area (Å²) in [6, 6.07) is 9.17. The molecule has 1 saturated heterocycles. The van der Waals surface area contributed by atoms with E-state index in [1.54, 1.807) is 6.20 Å². The quantitative estimate of drug-likeness (QED) is 0.646. The maximum atomic E-state index is 6.52. The maximum absolute atomic E-state index is 6.52. The van der Waals surface area contributed by atoms with Gasteiger partial charge in [0.25, 0.3) is 0 Å². The number of anilines is 2. The molecule has 0 saturated carbocycles. The minimum Gasteiger partial charge on any atom is -0.355 e. The van der Waals surface area contributed by atoms with Crippen LogP contribution >= 0.6 is 11.6 Å². The van der Waals surface area contributed by atoms with Gasteiger partial charge < -0.3 is 15.1 Å². The normalized spacial score (nSPS) is 18.2. The molecule has 2 aliphatic rings. The Labute approximate surface area is 194 Å². The number of rotatable bonds is 4. The van der Waals surface area contributed by atoms with E-state index >= 15 is 0 Å². The molecule has 1 atom stereocenters. The zero-order valence-corrected chi connectivity index (χ0v) is 19.7. The van der Waals surface area contributed by atoms with Crippen LogP contribution in [0.5, 0.6) is 0 Å². The van der Waals surface area contributed by atoms with E-state index in [0.717, 1.165) is 66.6 Å². The van der Waals surface area contributed by atoms with Gasteiger partial charge in [-0.25, -0.2) is 9.97 Å². The fraction of sp³-hybridized carbons (Fsp3) is 0.400. The molecule has 1 N–H and O–H groups in total. The van der Waals surface area contributed by atoms with Crippen molar-refractivity contribution in [3.63, 3.8) is 0 Å². The first-order valence-electron chi connectivity index (χ1n) is 11.3. The Kier molecular flexibility index (Phi) is 5.74.